The highest BCUT2D eigenvalue weighted by molar-refractivity contribution is 5.99. The summed E-state index contributed by atoms with van der Waals surface area (Å²) < 4.78 is 4.57. The van der Waals surface area contributed by atoms with E-state index in [0.717, 1.165) is 12.8 Å². The van der Waals surface area contributed by atoms with Crippen LogP contribution in [-0.2, 0) is 14.3 Å². The zero-order valence-electron chi connectivity index (χ0n) is 8.21. The van der Waals surface area contributed by atoms with E-state index >= 15 is 0 Å². The van der Waals surface area contributed by atoms with Crippen LogP contribution in [-0.4, -0.2) is 18.9 Å². The van der Waals surface area contributed by atoms with Gasteiger partial charge in [0, 0.05) is 6.42 Å². The Morgan fingerprint density at radius 3 is 2.46 bits per heavy atom. The standard InChI is InChI=1S/C10H16O3/c1-3-8(10(12)13-2)9(11)6-7-4-5-7/h7-8H,3-6H2,1-2H3. The SMILES string of the molecule is CCC(C(=O)CC1CC1)C(=O)OC. The number of hydrogen-bond acceptors (Lipinski definition) is 3. The first-order chi connectivity index (χ1) is 6.19. The van der Waals surface area contributed by atoms with Gasteiger partial charge in [-0.1, -0.05) is 6.92 Å². The first-order valence-corrected chi connectivity index (χ1v) is 4.79. The van der Waals surface area contributed by atoms with E-state index in [0.29, 0.717) is 18.8 Å². The monoisotopic (exact) mass is 184 g/mol. The molecule has 1 fully saturated rings. The molecule has 1 saturated carbocycles. The highest BCUT2D eigenvalue weighted by atomic mass is 16.5. The van der Waals surface area contributed by atoms with Gasteiger partial charge >= 0.3 is 5.97 Å². The molecule has 13 heavy (non-hydrogen) atoms. The smallest absolute Gasteiger partial charge is 0.316 e. The zero-order chi connectivity index (χ0) is 9.84. The molecule has 0 aliphatic heterocycles. The molecular formula is C10H16O3. The van der Waals surface area contributed by atoms with Gasteiger partial charge in [0.1, 0.15) is 11.7 Å². The molecule has 3 nitrogen and oxygen atoms in total. The minimum absolute atomic E-state index is 0.0526. The fourth-order valence-electron chi connectivity index (χ4n) is 1.42. The Morgan fingerprint density at radius 1 is 1.46 bits per heavy atom. The average Bonchev–Trinajstić information content (AvgIpc) is 2.89. The molecule has 0 spiro atoms. The number of esters is 1. The Kier molecular flexibility index (Phi) is 3.46. The van der Waals surface area contributed by atoms with Crippen molar-refractivity contribution in [1.29, 1.82) is 0 Å². The predicted molar refractivity (Wildman–Crippen MR) is 48.1 cm³/mol. The molecule has 0 aromatic carbocycles. The van der Waals surface area contributed by atoms with Crippen molar-refractivity contribution in [3.05, 3.63) is 0 Å². The second-order valence-corrected chi connectivity index (χ2v) is 3.60. The lowest BCUT2D eigenvalue weighted by Gasteiger charge is -2.10. The maximum absolute atomic E-state index is 11.5. The van der Waals surface area contributed by atoms with E-state index in [1.54, 1.807) is 0 Å². The number of ether oxygens (including phenoxy) is 1. The number of Topliss-reactive ketones (excluding diaryl/α,β-unsaturated/α-hetero) is 1. The Labute approximate surface area is 78.5 Å². The lowest BCUT2D eigenvalue weighted by Crippen LogP contribution is -2.24. The van der Waals surface area contributed by atoms with Crippen molar-refractivity contribution in [2.75, 3.05) is 7.11 Å². The summed E-state index contributed by atoms with van der Waals surface area (Å²) in [4.78, 5) is 22.7. The predicted octanol–water partition coefficient (Wildman–Crippen LogP) is 1.55. The molecule has 0 aromatic rings. The van der Waals surface area contributed by atoms with E-state index in [9.17, 15) is 9.59 Å². The van der Waals surface area contributed by atoms with Gasteiger partial charge in [0.15, 0.2) is 0 Å². The number of carbonyl (C=O) groups is 2. The van der Waals surface area contributed by atoms with Crippen LogP contribution in [0.3, 0.4) is 0 Å². The van der Waals surface area contributed by atoms with Gasteiger partial charge in [-0.3, -0.25) is 9.59 Å². The van der Waals surface area contributed by atoms with Crippen LogP contribution >= 0.6 is 0 Å². The number of rotatable bonds is 5. The highest BCUT2D eigenvalue weighted by Crippen LogP contribution is 2.33. The first-order valence-electron chi connectivity index (χ1n) is 4.79. The van der Waals surface area contributed by atoms with Gasteiger partial charge in [0.25, 0.3) is 0 Å². The van der Waals surface area contributed by atoms with Crippen LogP contribution < -0.4 is 0 Å². The van der Waals surface area contributed by atoms with Crippen molar-refractivity contribution in [2.24, 2.45) is 11.8 Å². The van der Waals surface area contributed by atoms with E-state index in [-0.39, 0.29) is 11.8 Å². The third-order valence-corrected chi connectivity index (χ3v) is 2.47. The Morgan fingerprint density at radius 2 is 2.08 bits per heavy atom. The summed E-state index contributed by atoms with van der Waals surface area (Å²) in [5, 5.41) is 0. The molecule has 0 aromatic heterocycles. The first kappa shape index (κ1) is 10.2. The molecule has 0 saturated heterocycles. The van der Waals surface area contributed by atoms with Gasteiger partial charge < -0.3 is 4.74 Å². The molecule has 1 aliphatic rings. The van der Waals surface area contributed by atoms with Gasteiger partial charge in [0.05, 0.1) is 7.11 Å². The summed E-state index contributed by atoms with van der Waals surface area (Å²) in [5.74, 6) is -0.304. The van der Waals surface area contributed by atoms with Gasteiger partial charge in [-0.15, -0.1) is 0 Å². The Hall–Kier alpha value is -0.860. The van der Waals surface area contributed by atoms with Crippen molar-refractivity contribution in [3.63, 3.8) is 0 Å². The molecule has 74 valence electrons. The van der Waals surface area contributed by atoms with Crippen LogP contribution in [0.2, 0.25) is 0 Å². The van der Waals surface area contributed by atoms with Gasteiger partial charge in [-0.25, -0.2) is 0 Å². The second kappa shape index (κ2) is 4.40. The lowest BCUT2D eigenvalue weighted by atomic mass is 9.97. The molecule has 0 N–H and O–H groups in total. The van der Waals surface area contributed by atoms with E-state index in [1.165, 1.54) is 7.11 Å². The summed E-state index contributed by atoms with van der Waals surface area (Å²) in [6.45, 7) is 1.84. The molecule has 1 rings (SSSR count). The Balaban J connectivity index is 2.43. The van der Waals surface area contributed by atoms with Crippen LogP contribution in [0.1, 0.15) is 32.6 Å². The van der Waals surface area contributed by atoms with Crippen molar-refractivity contribution < 1.29 is 14.3 Å². The Bertz CT molecular complexity index is 206. The highest BCUT2D eigenvalue weighted by Gasteiger charge is 2.31. The van der Waals surface area contributed by atoms with Crippen LogP contribution in [0.25, 0.3) is 0 Å². The van der Waals surface area contributed by atoms with Gasteiger partial charge in [0.2, 0.25) is 0 Å². The molecule has 0 amide bonds. The topological polar surface area (TPSA) is 43.4 Å². The van der Waals surface area contributed by atoms with Crippen molar-refractivity contribution >= 4 is 11.8 Å². The maximum Gasteiger partial charge on any atom is 0.316 e. The average molecular weight is 184 g/mol. The summed E-state index contributed by atoms with van der Waals surface area (Å²) in [6.07, 6.45) is 3.40. The minimum Gasteiger partial charge on any atom is -0.468 e. The van der Waals surface area contributed by atoms with Crippen LogP contribution in [0.4, 0.5) is 0 Å². The normalized spacial score (nSPS) is 18.0. The summed E-state index contributed by atoms with van der Waals surface area (Å²) in [6, 6.07) is 0. The van der Waals surface area contributed by atoms with Crippen LogP contribution in [0, 0.1) is 11.8 Å². The number of methoxy groups -OCH3 is 1. The zero-order valence-corrected chi connectivity index (χ0v) is 8.21. The molecule has 0 heterocycles. The van der Waals surface area contributed by atoms with Crippen LogP contribution in [0.5, 0.6) is 0 Å². The van der Waals surface area contributed by atoms with Crippen molar-refractivity contribution in [1.82, 2.24) is 0 Å². The number of carbonyl (C=O) groups excluding carboxylic acids is 2. The lowest BCUT2D eigenvalue weighted by molar-refractivity contribution is -0.149. The molecule has 1 unspecified atom stereocenters. The van der Waals surface area contributed by atoms with Gasteiger partial charge in [-0.2, -0.15) is 0 Å². The largest absolute Gasteiger partial charge is 0.468 e. The fraction of sp³-hybridized carbons (Fsp3) is 0.800. The quantitative estimate of drug-likeness (QED) is 0.481. The third-order valence-electron chi connectivity index (χ3n) is 2.47. The molecule has 1 aliphatic carbocycles. The van der Waals surface area contributed by atoms with E-state index in [2.05, 4.69) is 4.74 Å². The van der Waals surface area contributed by atoms with Crippen LogP contribution in [0.15, 0.2) is 0 Å². The van der Waals surface area contributed by atoms with Crippen molar-refractivity contribution in [3.8, 4) is 0 Å². The summed E-state index contributed by atoms with van der Waals surface area (Å²) >= 11 is 0. The molecular weight excluding hydrogens is 168 g/mol. The molecule has 0 radical (unpaired) electrons. The number of hydrogen-bond donors (Lipinski definition) is 0. The molecule has 3 heteroatoms. The third kappa shape index (κ3) is 2.83. The molecule has 1 atom stereocenters. The van der Waals surface area contributed by atoms with E-state index < -0.39 is 5.92 Å². The maximum atomic E-state index is 11.5. The number of ketones is 1. The fourth-order valence-corrected chi connectivity index (χ4v) is 1.42. The van der Waals surface area contributed by atoms with E-state index in [4.69, 9.17) is 0 Å². The second-order valence-electron chi connectivity index (χ2n) is 3.60. The van der Waals surface area contributed by atoms with Crippen molar-refractivity contribution in [2.45, 2.75) is 32.6 Å². The van der Waals surface area contributed by atoms with Gasteiger partial charge in [-0.05, 0) is 25.2 Å². The van der Waals surface area contributed by atoms with E-state index in [1.807, 2.05) is 6.92 Å². The minimum atomic E-state index is -0.523. The summed E-state index contributed by atoms with van der Waals surface area (Å²) in [7, 11) is 1.33. The summed E-state index contributed by atoms with van der Waals surface area (Å²) in [5.41, 5.74) is 0. The molecule has 0 bridgehead atoms.